The van der Waals surface area contributed by atoms with Gasteiger partial charge in [0.1, 0.15) is 6.26 Å². The molecule has 0 saturated heterocycles. The number of hydrogen-bond acceptors (Lipinski definition) is 4. The molecule has 1 atom stereocenters. The van der Waals surface area contributed by atoms with E-state index >= 15 is 0 Å². The van der Waals surface area contributed by atoms with Crippen LogP contribution in [-0.4, -0.2) is 17.4 Å². The Bertz CT molecular complexity index is 578. The predicted octanol–water partition coefficient (Wildman–Crippen LogP) is 2.18. The number of oxazole rings is 1. The van der Waals surface area contributed by atoms with E-state index in [1.807, 2.05) is 31.2 Å². The van der Waals surface area contributed by atoms with Gasteiger partial charge in [0.25, 0.3) is 0 Å². The molecule has 0 spiro atoms. The Hall–Kier alpha value is -2.14. The summed E-state index contributed by atoms with van der Waals surface area (Å²) in [6, 6.07) is 7.37. The highest BCUT2D eigenvalue weighted by Crippen LogP contribution is 2.22. The van der Waals surface area contributed by atoms with Gasteiger partial charge in [0.15, 0.2) is 0 Å². The van der Waals surface area contributed by atoms with Crippen molar-refractivity contribution >= 4 is 11.6 Å². The van der Waals surface area contributed by atoms with Crippen molar-refractivity contribution < 1.29 is 9.21 Å². The largest absolute Gasteiger partial charge is 0.444 e. The second-order valence-corrected chi connectivity index (χ2v) is 4.50. The average Bonchev–Trinajstić information content (AvgIpc) is 2.84. The van der Waals surface area contributed by atoms with E-state index in [1.165, 1.54) is 0 Å². The van der Waals surface area contributed by atoms with Gasteiger partial charge in [-0.05, 0) is 25.1 Å². The van der Waals surface area contributed by atoms with Crippen molar-refractivity contribution in [3.63, 3.8) is 0 Å². The molecule has 19 heavy (non-hydrogen) atoms. The van der Waals surface area contributed by atoms with Gasteiger partial charge in [-0.15, -0.1) is 0 Å². The first kappa shape index (κ1) is 13.3. The number of nitrogens with zero attached hydrogens (tertiary/aromatic N) is 1. The Morgan fingerprint density at radius 3 is 2.95 bits per heavy atom. The van der Waals surface area contributed by atoms with Crippen molar-refractivity contribution in [3.8, 4) is 11.5 Å². The summed E-state index contributed by atoms with van der Waals surface area (Å²) in [4.78, 5) is 16.0. The maximum Gasteiger partial charge on any atom is 0.228 e. The maximum atomic E-state index is 11.8. The summed E-state index contributed by atoms with van der Waals surface area (Å²) in [6.45, 7) is 3.97. The number of anilines is 1. The molecule has 0 fully saturated rings. The van der Waals surface area contributed by atoms with Crippen molar-refractivity contribution in [1.82, 2.24) is 4.98 Å². The van der Waals surface area contributed by atoms with Crippen LogP contribution < -0.4 is 11.1 Å². The van der Waals surface area contributed by atoms with Crippen molar-refractivity contribution in [2.75, 3.05) is 11.9 Å². The Kier molecular flexibility index (Phi) is 3.97. The summed E-state index contributed by atoms with van der Waals surface area (Å²) in [5.74, 6) is 0.233. The third-order valence-corrected chi connectivity index (χ3v) is 2.80. The van der Waals surface area contributed by atoms with Crippen molar-refractivity contribution in [2.45, 2.75) is 13.8 Å². The number of nitrogens with two attached hydrogens (primary N) is 1. The molecule has 2 rings (SSSR count). The number of aryl methyl sites for hydroxylation is 1. The number of carbonyl (C=O) groups excluding carboxylic acids is 1. The Labute approximate surface area is 111 Å². The van der Waals surface area contributed by atoms with Crippen LogP contribution in [0.4, 0.5) is 5.69 Å². The van der Waals surface area contributed by atoms with E-state index in [1.54, 1.807) is 13.2 Å². The third kappa shape index (κ3) is 3.20. The van der Waals surface area contributed by atoms with Crippen LogP contribution >= 0.6 is 0 Å². The molecule has 1 amide bonds. The second-order valence-electron chi connectivity index (χ2n) is 4.50. The molecule has 1 heterocycles. The summed E-state index contributed by atoms with van der Waals surface area (Å²) < 4.78 is 5.34. The fraction of sp³-hybridized carbons (Fsp3) is 0.286. The SMILES string of the molecule is Cc1coc(-c2cccc(NC(=O)C(C)CN)c2)n1. The molecule has 100 valence electrons. The zero-order valence-electron chi connectivity index (χ0n) is 11.0. The van der Waals surface area contributed by atoms with Gasteiger partial charge in [-0.1, -0.05) is 13.0 Å². The van der Waals surface area contributed by atoms with E-state index in [0.717, 1.165) is 11.3 Å². The number of amides is 1. The standard InChI is InChI=1S/C14H17N3O2/c1-9(7-15)13(18)17-12-5-3-4-11(6-12)14-16-10(2)8-19-14/h3-6,8-9H,7,15H2,1-2H3,(H,17,18). The van der Waals surface area contributed by atoms with E-state index in [4.69, 9.17) is 10.2 Å². The lowest BCUT2D eigenvalue weighted by Crippen LogP contribution is -2.26. The summed E-state index contributed by atoms with van der Waals surface area (Å²) in [7, 11) is 0. The number of benzene rings is 1. The minimum Gasteiger partial charge on any atom is -0.444 e. The average molecular weight is 259 g/mol. The van der Waals surface area contributed by atoms with Gasteiger partial charge in [0.05, 0.1) is 5.69 Å². The predicted molar refractivity (Wildman–Crippen MR) is 73.5 cm³/mol. The number of hydrogen-bond donors (Lipinski definition) is 2. The third-order valence-electron chi connectivity index (χ3n) is 2.80. The van der Waals surface area contributed by atoms with Crippen LogP contribution in [0.5, 0.6) is 0 Å². The Balaban J connectivity index is 2.18. The molecule has 3 N–H and O–H groups in total. The van der Waals surface area contributed by atoms with Crippen molar-refractivity contribution in [2.24, 2.45) is 11.7 Å². The zero-order chi connectivity index (χ0) is 13.8. The minimum atomic E-state index is -0.215. The van der Waals surface area contributed by atoms with E-state index < -0.39 is 0 Å². The Morgan fingerprint density at radius 2 is 2.32 bits per heavy atom. The summed E-state index contributed by atoms with van der Waals surface area (Å²) in [5.41, 5.74) is 7.82. The van der Waals surface area contributed by atoms with Crippen LogP contribution in [0, 0.1) is 12.8 Å². The number of rotatable bonds is 4. The first-order chi connectivity index (χ1) is 9.10. The van der Waals surface area contributed by atoms with Crippen molar-refractivity contribution in [1.29, 1.82) is 0 Å². The minimum absolute atomic E-state index is 0.0942. The first-order valence-electron chi connectivity index (χ1n) is 6.13. The topological polar surface area (TPSA) is 81.2 Å². The zero-order valence-corrected chi connectivity index (χ0v) is 11.0. The van der Waals surface area contributed by atoms with Crippen LogP contribution in [0.2, 0.25) is 0 Å². The number of carbonyl (C=O) groups is 1. The fourth-order valence-corrected chi connectivity index (χ4v) is 1.59. The smallest absolute Gasteiger partial charge is 0.228 e. The van der Waals surface area contributed by atoms with Crippen LogP contribution in [-0.2, 0) is 4.79 Å². The first-order valence-corrected chi connectivity index (χ1v) is 6.13. The highest BCUT2D eigenvalue weighted by molar-refractivity contribution is 5.92. The molecular formula is C14H17N3O2. The normalized spacial score (nSPS) is 12.2. The van der Waals surface area contributed by atoms with Crippen LogP contribution in [0.25, 0.3) is 11.5 Å². The molecule has 2 aromatic rings. The van der Waals surface area contributed by atoms with E-state index in [9.17, 15) is 4.79 Å². The van der Waals surface area contributed by atoms with Gasteiger partial charge in [-0.25, -0.2) is 4.98 Å². The molecule has 0 bridgehead atoms. The van der Waals surface area contributed by atoms with Gasteiger partial charge < -0.3 is 15.5 Å². The number of aromatic nitrogens is 1. The maximum absolute atomic E-state index is 11.8. The van der Waals surface area contributed by atoms with E-state index in [0.29, 0.717) is 18.1 Å². The molecule has 0 aliphatic carbocycles. The molecule has 5 heteroatoms. The lowest BCUT2D eigenvalue weighted by Gasteiger charge is -2.10. The quantitative estimate of drug-likeness (QED) is 0.881. The molecule has 0 aliphatic heterocycles. The lowest BCUT2D eigenvalue weighted by molar-refractivity contribution is -0.119. The molecule has 1 aromatic carbocycles. The monoisotopic (exact) mass is 259 g/mol. The summed E-state index contributed by atoms with van der Waals surface area (Å²) in [5, 5.41) is 2.82. The molecule has 0 radical (unpaired) electrons. The van der Waals surface area contributed by atoms with Crippen LogP contribution in [0.15, 0.2) is 34.9 Å². The molecule has 1 unspecified atom stereocenters. The van der Waals surface area contributed by atoms with Gasteiger partial charge in [-0.3, -0.25) is 4.79 Å². The fourth-order valence-electron chi connectivity index (χ4n) is 1.59. The van der Waals surface area contributed by atoms with Gasteiger partial charge >= 0.3 is 0 Å². The Morgan fingerprint density at radius 1 is 1.53 bits per heavy atom. The van der Waals surface area contributed by atoms with E-state index in [2.05, 4.69) is 10.3 Å². The lowest BCUT2D eigenvalue weighted by atomic mass is 10.1. The van der Waals surface area contributed by atoms with Crippen LogP contribution in [0.1, 0.15) is 12.6 Å². The van der Waals surface area contributed by atoms with Gasteiger partial charge in [0.2, 0.25) is 11.8 Å². The molecule has 1 aromatic heterocycles. The molecule has 0 saturated carbocycles. The van der Waals surface area contributed by atoms with Gasteiger partial charge in [0, 0.05) is 23.7 Å². The second kappa shape index (κ2) is 5.67. The molecular weight excluding hydrogens is 242 g/mol. The highest BCUT2D eigenvalue weighted by atomic mass is 16.3. The molecule has 5 nitrogen and oxygen atoms in total. The number of nitrogens with one attached hydrogen (secondary N) is 1. The molecule has 0 aliphatic rings. The van der Waals surface area contributed by atoms with E-state index in [-0.39, 0.29) is 11.8 Å². The highest BCUT2D eigenvalue weighted by Gasteiger charge is 2.12. The van der Waals surface area contributed by atoms with Crippen molar-refractivity contribution in [3.05, 3.63) is 36.2 Å². The van der Waals surface area contributed by atoms with Crippen LogP contribution in [0.3, 0.4) is 0 Å². The summed E-state index contributed by atoms with van der Waals surface area (Å²) >= 11 is 0. The van der Waals surface area contributed by atoms with Gasteiger partial charge in [-0.2, -0.15) is 0 Å². The summed E-state index contributed by atoms with van der Waals surface area (Å²) in [6.07, 6.45) is 1.59.